The standard InChI is InChI=1S/C15H22N2O/c1-11-9-12(2)14(13(3)10-11)17-7-6-16-5-4-8-18-15(16)17/h9-10,15H,4-8H2,1-3H3. The summed E-state index contributed by atoms with van der Waals surface area (Å²) < 4.78 is 5.96. The van der Waals surface area contributed by atoms with E-state index in [9.17, 15) is 0 Å². The van der Waals surface area contributed by atoms with E-state index in [2.05, 4.69) is 42.7 Å². The highest BCUT2D eigenvalue weighted by molar-refractivity contribution is 5.61. The van der Waals surface area contributed by atoms with Gasteiger partial charge in [-0.1, -0.05) is 17.7 Å². The van der Waals surface area contributed by atoms with Crippen LogP contribution in [0.2, 0.25) is 0 Å². The molecule has 0 saturated carbocycles. The maximum absolute atomic E-state index is 5.96. The van der Waals surface area contributed by atoms with Crippen molar-refractivity contribution in [3.05, 3.63) is 28.8 Å². The first kappa shape index (κ1) is 12.0. The number of aryl methyl sites for hydroxylation is 3. The fraction of sp³-hybridized carbons (Fsp3) is 0.600. The normalized spacial score (nSPS) is 24.4. The Morgan fingerprint density at radius 3 is 2.50 bits per heavy atom. The van der Waals surface area contributed by atoms with E-state index in [1.165, 1.54) is 28.9 Å². The van der Waals surface area contributed by atoms with E-state index in [-0.39, 0.29) is 6.35 Å². The van der Waals surface area contributed by atoms with Crippen molar-refractivity contribution in [2.24, 2.45) is 0 Å². The first-order chi connectivity index (χ1) is 8.66. The summed E-state index contributed by atoms with van der Waals surface area (Å²) in [6.07, 6.45) is 1.33. The quantitative estimate of drug-likeness (QED) is 0.757. The van der Waals surface area contributed by atoms with Crippen LogP contribution in [0.4, 0.5) is 5.69 Å². The minimum atomic E-state index is 0.166. The van der Waals surface area contributed by atoms with Crippen LogP contribution in [0, 0.1) is 20.8 Å². The van der Waals surface area contributed by atoms with Gasteiger partial charge in [0.05, 0.1) is 6.61 Å². The Morgan fingerprint density at radius 2 is 1.78 bits per heavy atom. The molecule has 98 valence electrons. The van der Waals surface area contributed by atoms with Crippen molar-refractivity contribution in [3.63, 3.8) is 0 Å². The lowest BCUT2D eigenvalue weighted by Gasteiger charge is -2.36. The number of hydrogen-bond acceptors (Lipinski definition) is 3. The van der Waals surface area contributed by atoms with Crippen LogP contribution < -0.4 is 4.90 Å². The topological polar surface area (TPSA) is 15.7 Å². The smallest absolute Gasteiger partial charge is 0.189 e. The van der Waals surface area contributed by atoms with Crippen molar-refractivity contribution in [2.45, 2.75) is 33.5 Å². The molecule has 2 aliphatic heterocycles. The molecule has 3 nitrogen and oxygen atoms in total. The van der Waals surface area contributed by atoms with Gasteiger partial charge in [0, 0.05) is 25.3 Å². The van der Waals surface area contributed by atoms with Crippen LogP contribution in [0.15, 0.2) is 12.1 Å². The highest BCUT2D eigenvalue weighted by atomic mass is 16.5. The Balaban J connectivity index is 1.95. The van der Waals surface area contributed by atoms with Gasteiger partial charge in [-0.25, -0.2) is 0 Å². The van der Waals surface area contributed by atoms with E-state index in [4.69, 9.17) is 4.74 Å². The molecule has 1 aromatic rings. The van der Waals surface area contributed by atoms with E-state index in [0.717, 1.165) is 26.1 Å². The first-order valence-corrected chi connectivity index (χ1v) is 6.87. The molecule has 0 radical (unpaired) electrons. The molecule has 2 fully saturated rings. The lowest BCUT2D eigenvalue weighted by atomic mass is 10.0. The third-order valence-electron chi connectivity index (χ3n) is 3.99. The van der Waals surface area contributed by atoms with Gasteiger partial charge in [0.15, 0.2) is 6.35 Å². The van der Waals surface area contributed by atoms with Crippen LogP contribution in [0.1, 0.15) is 23.1 Å². The van der Waals surface area contributed by atoms with Crippen LogP contribution in [-0.2, 0) is 4.74 Å². The van der Waals surface area contributed by atoms with E-state index in [1.54, 1.807) is 0 Å². The van der Waals surface area contributed by atoms with Gasteiger partial charge in [-0.2, -0.15) is 0 Å². The molecule has 1 unspecified atom stereocenters. The summed E-state index contributed by atoms with van der Waals surface area (Å²) in [5, 5.41) is 0. The average molecular weight is 246 g/mol. The van der Waals surface area contributed by atoms with Crippen LogP contribution >= 0.6 is 0 Å². The van der Waals surface area contributed by atoms with Gasteiger partial charge in [-0.3, -0.25) is 4.90 Å². The third-order valence-corrected chi connectivity index (χ3v) is 3.99. The zero-order valence-corrected chi connectivity index (χ0v) is 11.6. The van der Waals surface area contributed by atoms with Crippen molar-refractivity contribution < 1.29 is 4.74 Å². The fourth-order valence-corrected chi connectivity index (χ4v) is 3.38. The Labute approximate surface area is 109 Å². The number of nitrogens with zero attached hydrogens (tertiary/aromatic N) is 2. The second-order valence-electron chi connectivity index (χ2n) is 5.53. The Hall–Kier alpha value is -1.06. The molecule has 2 saturated heterocycles. The highest BCUT2D eigenvalue weighted by Gasteiger charge is 2.35. The van der Waals surface area contributed by atoms with Gasteiger partial charge < -0.3 is 9.64 Å². The molecule has 1 atom stereocenters. The van der Waals surface area contributed by atoms with Crippen molar-refractivity contribution >= 4 is 5.69 Å². The monoisotopic (exact) mass is 246 g/mol. The summed E-state index contributed by atoms with van der Waals surface area (Å²) in [4.78, 5) is 4.88. The SMILES string of the molecule is Cc1cc(C)c(N2CCN3CCCOC32)c(C)c1. The second-order valence-corrected chi connectivity index (χ2v) is 5.53. The molecule has 2 aliphatic rings. The molecule has 0 aromatic heterocycles. The number of rotatable bonds is 1. The molecule has 0 N–H and O–H groups in total. The van der Waals surface area contributed by atoms with Crippen LogP contribution in [0.3, 0.4) is 0 Å². The predicted molar refractivity (Wildman–Crippen MR) is 73.9 cm³/mol. The summed E-state index contributed by atoms with van der Waals surface area (Å²) in [5.41, 5.74) is 5.44. The number of anilines is 1. The number of fused-ring (bicyclic) bond motifs is 1. The minimum Gasteiger partial charge on any atom is -0.345 e. The van der Waals surface area contributed by atoms with Gasteiger partial charge >= 0.3 is 0 Å². The summed E-state index contributed by atoms with van der Waals surface area (Å²) >= 11 is 0. The maximum Gasteiger partial charge on any atom is 0.189 e. The highest BCUT2D eigenvalue weighted by Crippen LogP contribution is 2.32. The molecule has 1 aromatic carbocycles. The number of benzene rings is 1. The molecule has 0 amide bonds. The third kappa shape index (κ3) is 1.91. The van der Waals surface area contributed by atoms with Crippen LogP contribution in [0.5, 0.6) is 0 Å². The van der Waals surface area contributed by atoms with Crippen molar-refractivity contribution in [2.75, 3.05) is 31.1 Å². The van der Waals surface area contributed by atoms with E-state index in [0.29, 0.717) is 0 Å². The molecule has 3 heteroatoms. The lowest BCUT2D eigenvalue weighted by Crippen LogP contribution is -2.45. The number of ether oxygens (including phenoxy) is 1. The second kappa shape index (κ2) is 4.56. The summed E-state index contributed by atoms with van der Waals surface area (Å²) in [7, 11) is 0. The first-order valence-electron chi connectivity index (χ1n) is 6.87. The van der Waals surface area contributed by atoms with E-state index in [1.807, 2.05) is 0 Å². The predicted octanol–water partition coefficient (Wildman–Crippen LogP) is 2.44. The van der Waals surface area contributed by atoms with Crippen LogP contribution in [0.25, 0.3) is 0 Å². The van der Waals surface area contributed by atoms with Crippen LogP contribution in [-0.4, -0.2) is 37.5 Å². The lowest BCUT2D eigenvalue weighted by molar-refractivity contribution is -0.0695. The van der Waals surface area contributed by atoms with Crippen molar-refractivity contribution in [1.29, 1.82) is 0 Å². The van der Waals surface area contributed by atoms with Crippen molar-refractivity contribution in [3.8, 4) is 0 Å². The number of hydrogen-bond donors (Lipinski definition) is 0. The minimum absolute atomic E-state index is 0.166. The molecule has 18 heavy (non-hydrogen) atoms. The van der Waals surface area contributed by atoms with Gasteiger partial charge in [0.25, 0.3) is 0 Å². The summed E-state index contributed by atoms with van der Waals surface area (Å²) in [5.74, 6) is 0. The van der Waals surface area contributed by atoms with Gasteiger partial charge in [0.2, 0.25) is 0 Å². The van der Waals surface area contributed by atoms with E-state index >= 15 is 0 Å². The molecule has 0 aliphatic carbocycles. The fourth-order valence-electron chi connectivity index (χ4n) is 3.38. The maximum atomic E-state index is 5.96. The Kier molecular flexibility index (Phi) is 3.04. The summed E-state index contributed by atoms with van der Waals surface area (Å²) in [6.45, 7) is 10.8. The Bertz CT molecular complexity index is 435. The molecular formula is C15H22N2O. The van der Waals surface area contributed by atoms with Gasteiger partial charge in [-0.05, 0) is 38.3 Å². The zero-order chi connectivity index (χ0) is 12.7. The zero-order valence-electron chi connectivity index (χ0n) is 11.6. The molecular weight excluding hydrogens is 224 g/mol. The molecule has 3 rings (SSSR count). The Morgan fingerprint density at radius 1 is 1.06 bits per heavy atom. The molecule has 0 spiro atoms. The average Bonchev–Trinajstić information content (AvgIpc) is 2.72. The van der Waals surface area contributed by atoms with E-state index < -0.39 is 0 Å². The molecule has 2 heterocycles. The van der Waals surface area contributed by atoms with Gasteiger partial charge in [-0.15, -0.1) is 0 Å². The molecule has 0 bridgehead atoms. The summed E-state index contributed by atoms with van der Waals surface area (Å²) in [6, 6.07) is 4.54. The van der Waals surface area contributed by atoms with Gasteiger partial charge in [0.1, 0.15) is 0 Å². The largest absolute Gasteiger partial charge is 0.345 e. The van der Waals surface area contributed by atoms with Crippen molar-refractivity contribution in [1.82, 2.24) is 4.90 Å².